The van der Waals surface area contributed by atoms with Crippen LogP contribution in [0.5, 0.6) is 23.0 Å². The number of benzene rings is 4. The first-order chi connectivity index (χ1) is 17.6. The fourth-order valence-electron chi connectivity index (χ4n) is 4.08. The van der Waals surface area contributed by atoms with Crippen molar-refractivity contribution in [2.45, 2.75) is 38.5 Å². The lowest BCUT2D eigenvalue weighted by atomic mass is 9.78. The summed E-state index contributed by atoms with van der Waals surface area (Å²) in [5, 5.41) is 38.4. The maximum Gasteiger partial charge on any atom is 0.138 e. The SMILES string of the molecule is CC(C)(c1ccc(N)c(O)c1)c1ccc(N)c(O)c1.CC(C)(c1ccc(O)c(N)c1)c1ccc(O)c(N)c1. The Morgan fingerprint density at radius 1 is 0.395 bits per heavy atom. The van der Waals surface area contributed by atoms with Crippen LogP contribution in [0.4, 0.5) is 22.7 Å². The molecule has 0 unspecified atom stereocenters. The summed E-state index contributed by atoms with van der Waals surface area (Å²) in [5.74, 6) is 0.269. The van der Waals surface area contributed by atoms with Gasteiger partial charge in [0.25, 0.3) is 0 Å². The van der Waals surface area contributed by atoms with Crippen LogP contribution in [-0.4, -0.2) is 20.4 Å². The average Bonchev–Trinajstić information content (AvgIpc) is 2.86. The van der Waals surface area contributed by atoms with E-state index in [2.05, 4.69) is 0 Å². The zero-order valence-corrected chi connectivity index (χ0v) is 22.0. The molecule has 4 rings (SSSR count). The van der Waals surface area contributed by atoms with Crippen LogP contribution in [0.25, 0.3) is 0 Å². The molecule has 8 heteroatoms. The Labute approximate surface area is 222 Å². The molecule has 4 aromatic rings. The van der Waals surface area contributed by atoms with E-state index in [-0.39, 0.29) is 33.8 Å². The lowest BCUT2D eigenvalue weighted by Gasteiger charge is -2.27. The van der Waals surface area contributed by atoms with Gasteiger partial charge in [0.15, 0.2) is 0 Å². The second-order valence-electron chi connectivity index (χ2n) is 10.3. The topological polar surface area (TPSA) is 185 Å². The maximum atomic E-state index is 9.71. The van der Waals surface area contributed by atoms with Crippen molar-refractivity contribution >= 4 is 22.7 Å². The van der Waals surface area contributed by atoms with Gasteiger partial charge in [0.05, 0.1) is 22.7 Å². The fraction of sp³-hybridized carbons (Fsp3) is 0.200. The van der Waals surface area contributed by atoms with E-state index in [1.54, 1.807) is 48.5 Å². The minimum absolute atomic E-state index is 0.0604. The molecule has 0 bridgehead atoms. The molecule has 8 nitrogen and oxygen atoms in total. The normalized spacial score (nSPS) is 11.5. The van der Waals surface area contributed by atoms with Gasteiger partial charge in [-0.2, -0.15) is 0 Å². The molecule has 38 heavy (non-hydrogen) atoms. The monoisotopic (exact) mass is 516 g/mol. The van der Waals surface area contributed by atoms with Crippen molar-refractivity contribution in [3.05, 3.63) is 95.1 Å². The highest BCUT2D eigenvalue weighted by molar-refractivity contribution is 5.60. The summed E-state index contributed by atoms with van der Waals surface area (Å²) < 4.78 is 0. The van der Waals surface area contributed by atoms with Crippen LogP contribution in [0, 0.1) is 0 Å². The highest BCUT2D eigenvalue weighted by atomic mass is 16.3. The van der Waals surface area contributed by atoms with Crippen molar-refractivity contribution < 1.29 is 20.4 Å². The molecule has 0 fully saturated rings. The molecule has 0 saturated heterocycles. The number of phenols is 4. The summed E-state index contributed by atoms with van der Waals surface area (Å²) >= 11 is 0. The van der Waals surface area contributed by atoms with Gasteiger partial charge in [0.1, 0.15) is 23.0 Å². The van der Waals surface area contributed by atoms with Gasteiger partial charge in [0.2, 0.25) is 0 Å². The van der Waals surface area contributed by atoms with Crippen molar-refractivity contribution in [1.82, 2.24) is 0 Å². The Morgan fingerprint density at radius 3 is 0.974 bits per heavy atom. The van der Waals surface area contributed by atoms with Crippen LogP contribution in [0.1, 0.15) is 49.9 Å². The molecule has 4 aromatic carbocycles. The molecule has 0 spiro atoms. The molecule has 0 radical (unpaired) electrons. The third kappa shape index (κ3) is 5.64. The predicted molar refractivity (Wildman–Crippen MR) is 154 cm³/mol. The second kappa shape index (κ2) is 10.3. The molecule has 0 aromatic heterocycles. The molecule has 0 amide bonds. The average molecular weight is 517 g/mol. The Balaban J connectivity index is 0.000000211. The van der Waals surface area contributed by atoms with E-state index < -0.39 is 0 Å². The highest BCUT2D eigenvalue weighted by Crippen LogP contribution is 2.38. The highest BCUT2D eigenvalue weighted by Gasteiger charge is 2.25. The van der Waals surface area contributed by atoms with E-state index in [9.17, 15) is 20.4 Å². The van der Waals surface area contributed by atoms with Crippen molar-refractivity contribution in [1.29, 1.82) is 0 Å². The summed E-state index contributed by atoms with van der Waals surface area (Å²) in [4.78, 5) is 0. The smallest absolute Gasteiger partial charge is 0.138 e. The Morgan fingerprint density at radius 2 is 0.684 bits per heavy atom. The van der Waals surface area contributed by atoms with E-state index in [0.29, 0.717) is 22.7 Å². The Kier molecular flexibility index (Phi) is 7.58. The number of hydrogen-bond donors (Lipinski definition) is 8. The van der Waals surface area contributed by atoms with Gasteiger partial charge in [-0.3, -0.25) is 0 Å². The first-order valence-corrected chi connectivity index (χ1v) is 12.0. The third-order valence-corrected chi connectivity index (χ3v) is 7.00. The Hall–Kier alpha value is -4.72. The number of aromatic hydroxyl groups is 4. The number of nitrogen functional groups attached to an aromatic ring is 4. The van der Waals surface area contributed by atoms with Gasteiger partial charge in [0, 0.05) is 10.8 Å². The molecule has 0 heterocycles. The standard InChI is InChI=1S/2C15H18N2O2/c1-15(2,9-3-5-13(18)11(16)7-9)10-4-6-14(19)12(17)8-10;1-15(2,9-3-5-11(16)13(18)7-9)10-4-6-12(17)14(19)8-10/h2*3-8,18-19H,16-17H2,1-2H3. The van der Waals surface area contributed by atoms with Gasteiger partial charge in [-0.1, -0.05) is 52.0 Å². The van der Waals surface area contributed by atoms with Crippen LogP contribution in [0.3, 0.4) is 0 Å². The van der Waals surface area contributed by atoms with Crippen LogP contribution in [0.2, 0.25) is 0 Å². The van der Waals surface area contributed by atoms with Gasteiger partial charge >= 0.3 is 0 Å². The number of hydrogen-bond acceptors (Lipinski definition) is 8. The lowest BCUT2D eigenvalue weighted by Crippen LogP contribution is -2.19. The van der Waals surface area contributed by atoms with Crippen molar-refractivity contribution in [2.24, 2.45) is 0 Å². The molecule has 0 aliphatic rings. The number of phenolic OH excluding ortho intramolecular Hbond substituents is 4. The molecule has 0 atom stereocenters. The summed E-state index contributed by atoms with van der Waals surface area (Å²) in [6.07, 6.45) is 0. The minimum Gasteiger partial charge on any atom is -0.506 e. The van der Waals surface area contributed by atoms with Crippen LogP contribution in [-0.2, 0) is 10.8 Å². The van der Waals surface area contributed by atoms with Gasteiger partial charge in [-0.15, -0.1) is 0 Å². The van der Waals surface area contributed by atoms with E-state index in [0.717, 1.165) is 22.3 Å². The third-order valence-electron chi connectivity index (χ3n) is 7.00. The first-order valence-electron chi connectivity index (χ1n) is 12.0. The van der Waals surface area contributed by atoms with Gasteiger partial charge < -0.3 is 43.4 Å². The second-order valence-corrected chi connectivity index (χ2v) is 10.3. The molecule has 0 aliphatic carbocycles. The predicted octanol–water partition coefficient (Wildman–Crippen LogP) is 5.18. The van der Waals surface area contributed by atoms with Gasteiger partial charge in [-0.25, -0.2) is 0 Å². The first kappa shape index (κ1) is 27.9. The lowest BCUT2D eigenvalue weighted by molar-refractivity contribution is 0.472. The molecular formula is C30H36N4O4. The van der Waals surface area contributed by atoms with Crippen molar-refractivity contribution in [2.75, 3.05) is 22.9 Å². The molecule has 0 saturated carbocycles. The zero-order chi connectivity index (χ0) is 28.4. The van der Waals surface area contributed by atoms with Crippen LogP contribution >= 0.6 is 0 Å². The number of nitrogens with two attached hydrogens (primary N) is 4. The number of anilines is 4. The molecule has 0 aliphatic heterocycles. The fourth-order valence-corrected chi connectivity index (χ4v) is 4.08. The summed E-state index contributed by atoms with van der Waals surface area (Å²) in [6.45, 7) is 8.07. The summed E-state index contributed by atoms with van der Waals surface area (Å²) in [6, 6.07) is 20.7. The van der Waals surface area contributed by atoms with Crippen LogP contribution in [0.15, 0.2) is 72.8 Å². The summed E-state index contributed by atoms with van der Waals surface area (Å²) in [5.41, 5.74) is 27.1. The molecule has 200 valence electrons. The molecular weight excluding hydrogens is 480 g/mol. The van der Waals surface area contributed by atoms with Crippen LogP contribution < -0.4 is 22.9 Å². The van der Waals surface area contributed by atoms with E-state index in [4.69, 9.17) is 22.9 Å². The van der Waals surface area contributed by atoms with Crippen molar-refractivity contribution in [3.63, 3.8) is 0 Å². The number of rotatable bonds is 4. The van der Waals surface area contributed by atoms with E-state index in [1.165, 1.54) is 0 Å². The maximum absolute atomic E-state index is 9.71. The molecule has 12 N–H and O–H groups in total. The van der Waals surface area contributed by atoms with E-state index >= 15 is 0 Å². The minimum atomic E-state index is -0.379. The summed E-state index contributed by atoms with van der Waals surface area (Å²) in [7, 11) is 0. The largest absolute Gasteiger partial charge is 0.506 e. The quantitative estimate of drug-likeness (QED) is 0.135. The van der Waals surface area contributed by atoms with Crippen molar-refractivity contribution in [3.8, 4) is 23.0 Å². The Bertz CT molecular complexity index is 1250. The van der Waals surface area contributed by atoms with Gasteiger partial charge in [-0.05, 0) is 70.8 Å². The van der Waals surface area contributed by atoms with E-state index in [1.807, 2.05) is 52.0 Å². The zero-order valence-electron chi connectivity index (χ0n) is 22.0.